The molecule has 1 rings (SSSR count). The Bertz CT molecular complexity index is 415. The van der Waals surface area contributed by atoms with Crippen LogP contribution in [0, 0.1) is 0 Å². The molecule has 0 aliphatic rings. The lowest BCUT2D eigenvalue weighted by Gasteiger charge is -2.03. The molecule has 1 aromatic rings. The number of hydrogen-bond donors (Lipinski definition) is 0. The molecule has 1 heterocycles. The number of alkyl halides is 6. The van der Waals surface area contributed by atoms with E-state index in [-0.39, 0.29) is 0 Å². The minimum Gasteiger partial charge on any atom is -0.331 e. The van der Waals surface area contributed by atoms with Gasteiger partial charge in [0, 0.05) is 13.2 Å². The van der Waals surface area contributed by atoms with E-state index in [1.54, 1.807) is 0 Å². The van der Waals surface area contributed by atoms with Crippen molar-refractivity contribution < 1.29 is 31.1 Å². The summed E-state index contributed by atoms with van der Waals surface area (Å²) in [5, 5.41) is 0. The number of carbonyl (C=O) groups excluding carboxylic acids is 1. The number of nitrogens with zero attached hydrogens (tertiary/aromatic N) is 2. The topological polar surface area (TPSA) is 34.9 Å². The van der Waals surface area contributed by atoms with Crippen LogP contribution < -0.4 is 0 Å². The summed E-state index contributed by atoms with van der Waals surface area (Å²) in [4.78, 5) is 13.3. The monoisotopic (exact) mass is 246 g/mol. The van der Waals surface area contributed by atoms with Crippen molar-refractivity contribution in [3.05, 3.63) is 17.7 Å². The van der Waals surface area contributed by atoms with Gasteiger partial charge >= 0.3 is 18.1 Å². The highest BCUT2D eigenvalue weighted by Crippen LogP contribution is 2.29. The number of aryl methyl sites for hydroxylation is 1. The number of ketones is 1. The molecule has 0 aliphatic heterocycles. The Balaban J connectivity index is 3.18. The molecule has 0 fully saturated rings. The van der Waals surface area contributed by atoms with Crippen LogP contribution in [0.15, 0.2) is 6.20 Å². The maximum atomic E-state index is 12.1. The summed E-state index contributed by atoms with van der Waals surface area (Å²) in [5.74, 6) is -3.70. The molecule has 0 N–H and O–H groups in total. The predicted molar refractivity (Wildman–Crippen MR) is 38.6 cm³/mol. The van der Waals surface area contributed by atoms with Crippen molar-refractivity contribution in [1.29, 1.82) is 0 Å². The van der Waals surface area contributed by atoms with Gasteiger partial charge in [0.15, 0.2) is 11.5 Å². The standard InChI is InChI=1S/C7H4F6N2O/c1-15-2-3(6(8,9)10)14-5(15)4(16)7(11,12)13/h2H,1H3. The fraction of sp³-hybridized carbons (Fsp3) is 0.429. The summed E-state index contributed by atoms with van der Waals surface area (Å²) < 4.78 is 72.4. The van der Waals surface area contributed by atoms with Crippen LogP contribution in [0.2, 0.25) is 0 Å². The van der Waals surface area contributed by atoms with Gasteiger partial charge in [-0.15, -0.1) is 0 Å². The first kappa shape index (κ1) is 12.5. The number of Topliss-reactive ketones (excluding diaryl/α,β-unsaturated/α-hetero) is 1. The van der Waals surface area contributed by atoms with Crippen LogP contribution in [0.4, 0.5) is 26.3 Å². The Morgan fingerprint density at radius 2 is 1.75 bits per heavy atom. The summed E-state index contributed by atoms with van der Waals surface area (Å²) >= 11 is 0. The zero-order chi connectivity index (χ0) is 12.7. The van der Waals surface area contributed by atoms with Gasteiger partial charge in [-0.25, -0.2) is 4.98 Å². The van der Waals surface area contributed by atoms with Crippen LogP contribution in [0.1, 0.15) is 16.3 Å². The molecule has 0 unspecified atom stereocenters. The normalized spacial score (nSPS) is 12.9. The number of carbonyl (C=O) groups is 1. The maximum absolute atomic E-state index is 12.1. The molecule has 0 saturated heterocycles. The number of halogens is 6. The van der Waals surface area contributed by atoms with E-state index in [9.17, 15) is 31.1 Å². The van der Waals surface area contributed by atoms with Crippen molar-refractivity contribution in [2.75, 3.05) is 0 Å². The predicted octanol–water partition coefficient (Wildman–Crippen LogP) is 2.18. The second kappa shape index (κ2) is 3.49. The summed E-state index contributed by atoms with van der Waals surface area (Å²) in [5.41, 5.74) is -1.54. The van der Waals surface area contributed by atoms with Crippen molar-refractivity contribution >= 4 is 5.78 Å². The van der Waals surface area contributed by atoms with Crippen LogP contribution >= 0.6 is 0 Å². The van der Waals surface area contributed by atoms with E-state index >= 15 is 0 Å². The Morgan fingerprint density at radius 3 is 2.06 bits per heavy atom. The highest BCUT2D eigenvalue weighted by Gasteiger charge is 2.44. The molecule has 0 aromatic carbocycles. The van der Waals surface area contributed by atoms with Crippen molar-refractivity contribution in [3.8, 4) is 0 Å². The van der Waals surface area contributed by atoms with E-state index in [1.165, 1.54) is 0 Å². The van der Waals surface area contributed by atoms with E-state index in [4.69, 9.17) is 0 Å². The van der Waals surface area contributed by atoms with Crippen LogP contribution in [-0.4, -0.2) is 21.5 Å². The van der Waals surface area contributed by atoms with Gasteiger partial charge in [0.1, 0.15) is 0 Å². The number of aromatic nitrogens is 2. The van der Waals surface area contributed by atoms with Gasteiger partial charge in [-0.05, 0) is 0 Å². The van der Waals surface area contributed by atoms with E-state index in [1.807, 2.05) is 0 Å². The van der Waals surface area contributed by atoms with Gasteiger partial charge in [0.25, 0.3) is 0 Å². The van der Waals surface area contributed by atoms with Crippen LogP contribution in [0.5, 0.6) is 0 Å². The van der Waals surface area contributed by atoms with Crippen molar-refractivity contribution in [2.24, 2.45) is 7.05 Å². The highest BCUT2D eigenvalue weighted by molar-refractivity contribution is 5.97. The van der Waals surface area contributed by atoms with E-state index < -0.39 is 29.7 Å². The zero-order valence-electron chi connectivity index (χ0n) is 7.65. The first-order valence-electron chi connectivity index (χ1n) is 3.75. The zero-order valence-corrected chi connectivity index (χ0v) is 7.65. The lowest BCUT2D eigenvalue weighted by Crippen LogP contribution is -2.25. The highest BCUT2D eigenvalue weighted by atomic mass is 19.4. The number of rotatable bonds is 1. The molecule has 9 heteroatoms. The van der Waals surface area contributed by atoms with Gasteiger partial charge in [-0.1, -0.05) is 0 Å². The van der Waals surface area contributed by atoms with E-state index in [0.29, 0.717) is 10.8 Å². The smallest absolute Gasteiger partial charge is 0.331 e. The van der Waals surface area contributed by atoms with Crippen molar-refractivity contribution in [2.45, 2.75) is 12.4 Å². The summed E-state index contributed by atoms with van der Waals surface area (Å²) in [7, 11) is 0.876. The van der Waals surface area contributed by atoms with Crippen LogP contribution in [0.25, 0.3) is 0 Å². The first-order valence-corrected chi connectivity index (χ1v) is 3.75. The average Bonchev–Trinajstić information content (AvgIpc) is 2.43. The SMILES string of the molecule is Cn1cc(C(F)(F)F)nc1C(=O)C(F)(F)F. The van der Waals surface area contributed by atoms with Gasteiger partial charge in [0.2, 0.25) is 0 Å². The molecule has 0 radical (unpaired) electrons. The molecule has 0 amide bonds. The Morgan fingerprint density at radius 1 is 1.25 bits per heavy atom. The Labute approximate surface area is 84.7 Å². The second-order valence-corrected chi connectivity index (χ2v) is 2.89. The Hall–Kier alpha value is -1.54. The minimum absolute atomic E-state index is 0.318. The molecule has 0 saturated carbocycles. The molecule has 0 atom stereocenters. The lowest BCUT2D eigenvalue weighted by atomic mass is 10.3. The average molecular weight is 246 g/mol. The fourth-order valence-electron chi connectivity index (χ4n) is 0.941. The molecule has 0 aliphatic carbocycles. The van der Waals surface area contributed by atoms with Crippen LogP contribution in [0.3, 0.4) is 0 Å². The molecule has 16 heavy (non-hydrogen) atoms. The van der Waals surface area contributed by atoms with Crippen molar-refractivity contribution in [1.82, 2.24) is 9.55 Å². The summed E-state index contributed by atoms with van der Waals surface area (Å²) in [6, 6.07) is 0. The molecular weight excluding hydrogens is 242 g/mol. The molecule has 3 nitrogen and oxygen atoms in total. The third-order valence-electron chi connectivity index (χ3n) is 1.63. The fourth-order valence-corrected chi connectivity index (χ4v) is 0.941. The third kappa shape index (κ3) is 2.34. The molecule has 0 spiro atoms. The first-order chi connectivity index (χ1) is 7.03. The lowest BCUT2D eigenvalue weighted by molar-refractivity contribution is -0.141. The van der Waals surface area contributed by atoms with Gasteiger partial charge in [-0.2, -0.15) is 26.3 Å². The molecule has 0 bridgehead atoms. The van der Waals surface area contributed by atoms with Gasteiger partial charge in [0.05, 0.1) is 0 Å². The number of imidazole rings is 1. The maximum Gasteiger partial charge on any atom is 0.458 e. The molecule has 90 valence electrons. The van der Waals surface area contributed by atoms with E-state index in [0.717, 1.165) is 7.05 Å². The van der Waals surface area contributed by atoms with Crippen molar-refractivity contribution in [3.63, 3.8) is 0 Å². The second-order valence-electron chi connectivity index (χ2n) is 2.89. The number of hydrogen-bond acceptors (Lipinski definition) is 2. The van der Waals surface area contributed by atoms with Crippen LogP contribution in [-0.2, 0) is 13.2 Å². The summed E-state index contributed by atoms with van der Waals surface area (Å²) in [6.45, 7) is 0. The minimum atomic E-state index is -5.25. The quantitative estimate of drug-likeness (QED) is 0.562. The van der Waals surface area contributed by atoms with E-state index in [2.05, 4.69) is 4.98 Å². The largest absolute Gasteiger partial charge is 0.458 e. The Kier molecular flexibility index (Phi) is 2.74. The summed E-state index contributed by atoms with van der Waals surface area (Å²) in [6.07, 6.45) is -9.82. The molecule has 1 aromatic heterocycles. The molecular formula is C7H4F6N2O. The van der Waals surface area contributed by atoms with Gasteiger partial charge < -0.3 is 4.57 Å². The third-order valence-corrected chi connectivity index (χ3v) is 1.63. The van der Waals surface area contributed by atoms with Gasteiger partial charge in [-0.3, -0.25) is 4.79 Å².